The van der Waals surface area contributed by atoms with Gasteiger partial charge in [0.05, 0.1) is 35.0 Å². The molecule has 0 spiro atoms. The second-order valence-electron chi connectivity index (χ2n) is 16.0. The lowest BCUT2D eigenvalue weighted by Gasteiger charge is -2.35. The highest BCUT2D eigenvalue weighted by molar-refractivity contribution is 7.13. The normalized spacial score (nSPS) is 15.4. The molecule has 64 heavy (non-hydrogen) atoms. The fourth-order valence-corrected chi connectivity index (χ4v) is 7.65. The smallest absolute Gasteiger partial charge is 0.409 e. The van der Waals surface area contributed by atoms with Gasteiger partial charge in [-0.1, -0.05) is 45.0 Å². The number of alkyl carbamates (subject to hydrolysis) is 1. The van der Waals surface area contributed by atoms with E-state index in [0.29, 0.717) is 28.2 Å². The Morgan fingerprint density at radius 2 is 1.81 bits per heavy atom. The lowest BCUT2D eigenvalue weighted by molar-refractivity contribution is -0.142. The second-order valence-corrected chi connectivity index (χ2v) is 16.9. The van der Waals surface area contributed by atoms with Crippen LogP contribution in [-0.2, 0) is 32.7 Å². The summed E-state index contributed by atoms with van der Waals surface area (Å²) in [5.41, 5.74) is 5.51. The van der Waals surface area contributed by atoms with Crippen LogP contribution in [-0.4, -0.2) is 103 Å². The van der Waals surface area contributed by atoms with Crippen molar-refractivity contribution in [2.24, 2.45) is 12.5 Å². The number of pyridine rings is 1. The minimum Gasteiger partial charge on any atom is -0.490 e. The number of benzene rings is 2. The van der Waals surface area contributed by atoms with Crippen LogP contribution in [0.4, 0.5) is 10.5 Å². The summed E-state index contributed by atoms with van der Waals surface area (Å²) in [4.78, 5) is 80.0. The maximum absolute atomic E-state index is 13.9. The molecule has 1 aliphatic rings. The first-order chi connectivity index (χ1) is 30.6. The van der Waals surface area contributed by atoms with Gasteiger partial charge in [0, 0.05) is 38.3 Å². The monoisotopic (exact) mass is 893 g/mol. The van der Waals surface area contributed by atoms with Gasteiger partial charge in [-0.05, 0) is 59.9 Å². The van der Waals surface area contributed by atoms with E-state index in [1.165, 1.54) is 41.0 Å². The summed E-state index contributed by atoms with van der Waals surface area (Å²) in [7, 11) is 1.53. The third-order valence-corrected chi connectivity index (χ3v) is 11.2. The number of carbonyl (C=O) groups is 4. The molecule has 2 aromatic carbocycles. The molecular formula is C44H47N9O10S. The number of nitrogens with zero attached hydrogens (tertiary/aromatic N) is 6. The van der Waals surface area contributed by atoms with E-state index >= 15 is 0 Å². The average Bonchev–Trinajstić information content (AvgIpc) is 4.01. The molecule has 4 aromatic heterocycles. The van der Waals surface area contributed by atoms with Crippen LogP contribution < -0.4 is 26.2 Å². The number of anilines is 1. The van der Waals surface area contributed by atoms with E-state index in [1.54, 1.807) is 61.9 Å². The van der Waals surface area contributed by atoms with Crippen molar-refractivity contribution < 1.29 is 42.9 Å². The van der Waals surface area contributed by atoms with Crippen LogP contribution in [0.15, 0.2) is 87.6 Å². The summed E-state index contributed by atoms with van der Waals surface area (Å²) in [6, 6.07) is 16.7. The number of β-amino-alcohol motifs (C(OH)–C–C–N with tert-alkyl or cyclic N) is 1. The highest BCUT2D eigenvalue weighted by Crippen LogP contribution is 2.29. The van der Waals surface area contributed by atoms with E-state index < -0.39 is 54.2 Å². The number of amides is 4. The van der Waals surface area contributed by atoms with Gasteiger partial charge in [0.1, 0.15) is 41.3 Å². The number of hydrogen-bond acceptors (Lipinski definition) is 15. The van der Waals surface area contributed by atoms with Gasteiger partial charge in [-0.3, -0.25) is 19.2 Å². The van der Waals surface area contributed by atoms with Gasteiger partial charge in [0.25, 0.3) is 11.5 Å². The van der Waals surface area contributed by atoms with Crippen molar-refractivity contribution in [3.05, 3.63) is 106 Å². The first-order valence-corrected chi connectivity index (χ1v) is 21.1. The molecule has 1 fully saturated rings. The van der Waals surface area contributed by atoms with Crippen molar-refractivity contribution in [3.8, 4) is 27.8 Å². The summed E-state index contributed by atoms with van der Waals surface area (Å²) in [6.07, 6.45) is -0.387. The van der Waals surface area contributed by atoms with Crippen molar-refractivity contribution in [1.82, 2.24) is 40.3 Å². The van der Waals surface area contributed by atoms with Crippen molar-refractivity contribution in [3.63, 3.8) is 0 Å². The van der Waals surface area contributed by atoms with E-state index in [9.17, 15) is 29.1 Å². The van der Waals surface area contributed by atoms with Crippen LogP contribution in [0.25, 0.3) is 33.1 Å². The Balaban J connectivity index is 0.830. The van der Waals surface area contributed by atoms with E-state index in [2.05, 4.69) is 36.0 Å². The molecule has 1 saturated heterocycles. The predicted molar refractivity (Wildman–Crippen MR) is 234 cm³/mol. The maximum atomic E-state index is 13.9. The SMILES string of the molecule is Cc1ncsc1-c1ccc(CNC(=O)[C@H]2C[C@H](O)CN2C(=O)[C@H](NC(=O)OCOCCOc2ccc(C(=O)Nc3ccc4oc(-c5ccc(=O)n(C)n5)nc4c3)nc2)C(C)(C)C)cc1. The van der Waals surface area contributed by atoms with Crippen LogP contribution in [0.3, 0.4) is 0 Å². The number of hydrogen-bond donors (Lipinski definition) is 4. The van der Waals surface area contributed by atoms with E-state index in [0.717, 1.165) is 21.7 Å². The number of rotatable bonds is 15. The molecular weight excluding hydrogens is 847 g/mol. The number of aliphatic hydroxyl groups excluding tert-OH is 1. The van der Waals surface area contributed by atoms with Crippen LogP contribution in [0.1, 0.15) is 48.9 Å². The number of fused-ring (bicyclic) bond motifs is 1. The van der Waals surface area contributed by atoms with Gasteiger partial charge < -0.3 is 44.6 Å². The minimum atomic E-state index is -1.09. The highest BCUT2D eigenvalue weighted by atomic mass is 32.1. The summed E-state index contributed by atoms with van der Waals surface area (Å²) in [5, 5.41) is 22.9. The van der Waals surface area contributed by atoms with E-state index in [-0.39, 0.29) is 49.9 Å². The summed E-state index contributed by atoms with van der Waals surface area (Å²) in [6.45, 7) is 7.06. The first-order valence-electron chi connectivity index (χ1n) is 20.2. The van der Waals surface area contributed by atoms with Gasteiger partial charge in [-0.2, -0.15) is 5.10 Å². The van der Waals surface area contributed by atoms with E-state index in [1.807, 2.05) is 31.2 Å². The van der Waals surface area contributed by atoms with E-state index in [4.69, 9.17) is 18.6 Å². The Morgan fingerprint density at radius 1 is 1.02 bits per heavy atom. The summed E-state index contributed by atoms with van der Waals surface area (Å²) < 4.78 is 23.2. The lowest BCUT2D eigenvalue weighted by atomic mass is 9.85. The number of thiazole rings is 1. The fraction of sp³-hybridized carbons (Fsp3) is 0.341. The number of aromatic nitrogens is 5. The Morgan fingerprint density at radius 3 is 2.52 bits per heavy atom. The fourth-order valence-electron chi connectivity index (χ4n) is 6.84. The van der Waals surface area contributed by atoms with Gasteiger partial charge >= 0.3 is 6.09 Å². The first kappa shape index (κ1) is 45.0. The minimum absolute atomic E-state index is 0.0280. The molecule has 0 unspecified atom stereocenters. The number of aliphatic hydroxyl groups is 1. The number of nitrogens with one attached hydrogen (secondary N) is 3. The molecule has 334 valence electrons. The molecule has 0 bridgehead atoms. The molecule has 3 atom stereocenters. The zero-order valence-corrected chi connectivity index (χ0v) is 36.5. The van der Waals surface area contributed by atoms with Gasteiger partial charge in [0.15, 0.2) is 12.4 Å². The van der Waals surface area contributed by atoms with Crippen molar-refractivity contribution >= 4 is 51.9 Å². The van der Waals surface area contributed by atoms with Crippen LogP contribution in [0.5, 0.6) is 5.75 Å². The molecule has 1 aliphatic heterocycles. The molecule has 19 nitrogen and oxygen atoms in total. The largest absolute Gasteiger partial charge is 0.490 e. The molecule has 4 amide bonds. The molecule has 0 saturated carbocycles. The Labute approximate surface area is 370 Å². The molecule has 0 aliphatic carbocycles. The van der Waals surface area contributed by atoms with Gasteiger partial charge in [-0.25, -0.2) is 24.4 Å². The highest BCUT2D eigenvalue weighted by Gasteiger charge is 2.44. The molecule has 6 aromatic rings. The van der Waals surface area contributed by atoms with Crippen molar-refractivity contribution in [2.75, 3.05) is 31.9 Å². The third-order valence-electron chi connectivity index (χ3n) is 10.2. The summed E-state index contributed by atoms with van der Waals surface area (Å²) in [5.74, 6) is -0.823. The predicted octanol–water partition coefficient (Wildman–Crippen LogP) is 4.44. The Kier molecular flexibility index (Phi) is 13.8. The zero-order valence-electron chi connectivity index (χ0n) is 35.7. The molecule has 0 radical (unpaired) electrons. The number of likely N-dealkylation sites (tertiary alicyclic amines) is 1. The van der Waals surface area contributed by atoms with Gasteiger partial charge in [0.2, 0.25) is 17.7 Å². The van der Waals surface area contributed by atoms with Gasteiger partial charge in [-0.15, -0.1) is 11.3 Å². The molecule has 20 heteroatoms. The van der Waals surface area contributed by atoms with Crippen molar-refractivity contribution in [2.45, 2.75) is 58.8 Å². The topological polar surface area (TPSA) is 242 Å². The average molecular weight is 894 g/mol. The second kappa shape index (κ2) is 19.6. The van der Waals surface area contributed by atoms with Crippen LogP contribution in [0.2, 0.25) is 0 Å². The Bertz CT molecular complexity index is 2690. The quantitative estimate of drug-likeness (QED) is 0.0824. The molecule has 5 heterocycles. The standard InChI is InChI=1S/C44H47N9O10S/c1-25-37(64-23-47-25)27-8-6-26(7-9-27)20-46-40(57)34-19-29(54)22-53(34)42(58)38(44(2,3)4)50-43(59)62-24-60-16-17-61-30-11-12-31(45-21-30)39(56)48-28-10-14-35-33(18-28)49-41(63-35)32-13-15-36(55)52(5)51-32/h6-15,18,21,23,29,34,38,54H,16-17,19-20,22,24H2,1-5H3,(H,46,57)(H,48,56)(H,50,59)/t29-,34+,38-/m0/s1. The lowest BCUT2D eigenvalue weighted by Crippen LogP contribution is -2.57. The van der Waals surface area contributed by atoms with Crippen LogP contribution in [0, 0.1) is 12.3 Å². The number of aryl methyl sites for hydroxylation is 2. The zero-order chi connectivity index (χ0) is 45.5. The summed E-state index contributed by atoms with van der Waals surface area (Å²) >= 11 is 1.56. The van der Waals surface area contributed by atoms with Crippen LogP contribution >= 0.6 is 11.3 Å². The number of oxazole rings is 1. The maximum Gasteiger partial charge on any atom is 0.409 e. The molecule has 7 rings (SSSR count). The number of carbonyl (C=O) groups excluding carboxylic acids is 4. The number of ether oxygens (including phenoxy) is 3. The molecule has 4 N–H and O–H groups in total. The third kappa shape index (κ3) is 10.9. The Hall–Kier alpha value is -7.03. The van der Waals surface area contributed by atoms with Crippen molar-refractivity contribution in [1.29, 1.82) is 0 Å².